The molecule has 0 saturated heterocycles. The summed E-state index contributed by atoms with van der Waals surface area (Å²) in [6.07, 6.45) is 8.27. The first-order valence-corrected chi connectivity index (χ1v) is 11.3. The number of aliphatic carboxylic acids is 1. The van der Waals surface area contributed by atoms with Gasteiger partial charge in [-0.2, -0.15) is 0 Å². The van der Waals surface area contributed by atoms with Crippen LogP contribution >= 0.6 is 11.6 Å². The Labute approximate surface area is 189 Å². The number of hydrogen-bond acceptors (Lipinski definition) is 3. The molecule has 4 saturated carbocycles. The van der Waals surface area contributed by atoms with Crippen molar-refractivity contribution in [2.45, 2.75) is 25.3 Å². The second-order valence-electron chi connectivity index (χ2n) is 9.11. The number of carbonyl (C=O) groups is 1. The van der Waals surface area contributed by atoms with Gasteiger partial charge in [0.1, 0.15) is 11.5 Å². The Morgan fingerprint density at radius 1 is 1.22 bits per heavy atom. The van der Waals surface area contributed by atoms with E-state index >= 15 is 0 Å². The molecule has 0 radical (unpaired) electrons. The Balaban J connectivity index is 1.44. The van der Waals surface area contributed by atoms with E-state index in [9.17, 15) is 9.90 Å². The Hall–Kier alpha value is -3.13. The van der Waals surface area contributed by atoms with Crippen molar-refractivity contribution in [2.75, 3.05) is 0 Å². The van der Waals surface area contributed by atoms with Crippen LogP contribution in [0.15, 0.2) is 46.8 Å². The summed E-state index contributed by atoms with van der Waals surface area (Å²) >= 11 is 6.13. The number of carboxylic acid groups (broad SMARTS) is 1. The summed E-state index contributed by atoms with van der Waals surface area (Å²) in [4.78, 5) is 32.4. The molecule has 0 spiro atoms. The number of aromatic amines is 2. The van der Waals surface area contributed by atoms with Gasteiger partial charge in [0.25, 0.3) is 0 Å². The highest BCUT2D eigenvalue weighted by Crippen LogP contribution is 2.64. The van der Waals surface area contributed by atoms with Crippen LogP contribution in [0.5, 0.6) is 0 Å². The molecule has 9 heteroatoms. The van der Waals surface area contributed by atoms with E-state index in [-0.39, 0.29) is 17.8 Å². The lowest BCUT2D eigenvalue weighted by atomic mass is 9.62. The van der Waals surface area contributed by atoms with Gasteiger partial charge in [0, 0.05) is 29.5 Å². The topological polar surface area (TPSA) is 133 Å². The lowest BCUT2D eigenvalue weighted by Gasteiger charge is -2.44. The predicted molar refractivity (Wildman–Crippen MR) is 122 cm³/mol. The SMILES string of the molecule is NC(=NC(=N[C@H]1[C@@H]2CC[C@@H]([C@@H]3C[C@@H]32)[C@@H]1C(=O)O)c1ccc[nH]1)c1c[nH]c2ncc(Cl)cc12. The first-order valence-electron chi connectivity index (χ1n) is 10.9. The summed E-state index contributed by atoms with van der Waals surface area (Å²) in [7, 11) is 0. The van der Waals surface area contributed by atoms with Crippen molar-refractivity contribution in [3.8, 4) is 0 Å². The number of aliphatic imine (C=N–C) groups is 2. The number of H-pyrrole nitrogens is 2. The highest BCUT2D eigenvalue weighted by Gasteiger charge is 2.63. The smallest absolute Gasteiger partial charge is 0.308 e. The number of fused-ring (bicyclic) bond motifs is 3. The zero-order chi connectivity index (χ0) is 22.0. The maximum absolute atomic E-state index is 12.2. The number of pyridine rings is 1. The fourth-order valence-corrected chi connectivity index (χ4v) is 6.22. The van der Waals surface area contributed by atoms with Crippen molar-refractivity contribution in [1.29, 1.82) is 0 Å². The number of aromatic nitrogens is 3. The van der Waals surface area contributed by atoms with E-state index < -0.39 is 11.9 Å². The number of carboxylic acids is 1. The van der Waals surface area contributed by atoms with Gasteiger partial charge in [-0.1, -0.05) is 11.6 Å². The quantitative estimate of drug-likeness (QED) is 0.358. The van der Waals surface area contributed by atoms with Crippen LogP contribution in [0.4, 0.5) is 0 Å². The molecule has 5 N–H and O–H groups in total. The number of nitrogens with two attached hydrogens (primary N) is 1. The van der Waals surface area contributed by atoms with E-state index in [0.717, 1.165) is 24.6 Å². The fourth-order valence-electron chi connectivity index (χ4n) is 6.06. The Kier molecular flexibility index (Phi) is 4.40. The molecule has 3 heterocycles. The molecule has 4 aliphatic carbocycles. The van der Waals surface area contributed by atoms with Gasteiger partial charge in [0.05, 0.1) is 22.7 Å². The Morgan fingerprint density at radius 2 is 2.03 bits per heavy atom. The minimum Gasteiger partial charge on any atom is -0.481 e. The van der Waals surface area contributed by atoms with Gasteiger partial charge in [-0.05, 0) is 61.1 Å². The van der Waals surface area contributed by atoms with E-state index in [1.807, 2.05) is 12.1 Å². The lowest BCUT2D eigenvalue weighted by Crippen LogP contribution is -2.48. The molecule has 7 rings (SSSR count). The van der Waals surface area contributed by atoms with Crippen molar-refractivity contribution in [3.63, 3.8) is 0 Å². The lowest BCUT2D eigenvalue weighted by molar-refractivity contribution is -0.149. The summed E-state index contributed by atoms with van der Waals surface area (Å²) in [5.41, 5.74) is 8.47. The Morgan fingerprint density at radius 3 is 2.81 bits per heavy atom. The maximum atomic E-state index is 12.2. The van der Waals surface area contributed by atoms with Gasteiger partial charge in [0.15, 0.2) is 5.84 Å². The molecule has 8 nitrogen and oxygen atoms in total. The summed E-state index contributed by atoms with van der Waals surface area (Å²) in [6.45, 7) is 0. The normalized spacial score (nSPS) is 31.7. The molecular weight excluding hydrogens is 428 g/mol. The van der Waals surface area contributed by atoms with E-state index in [0.29, 0.717) is 45.5 Å². The predicted octanol–water partition coefficient (Wildman–Crippen LogP) is 3.44. The molecule has 4 fully saturated rings. The summed E-state index contributed by atoms with van der Waals surface area (Å²) < 4.78 is 0. The first-order chi connectivity index (χ1) is 15.5. The highest BCUT2D eigenvalue weighted by molar-refractivity contribution is 6.31. The second kappa shape index (κ2) is 7.20. The first kappa shape index (κ1) is 19.5. The molecule has 32 heavy (non-hydrogen) atoms. The number of nitrogens with one attached hydrogen (secondary N) is 2. The van der Waals surface area contributed by atoms with Gasteiger partial charge < -0.3 is 20.8 Å². The molecule has 6 atom stereocenters. The van der Waals surface area contributed by atoms with Crippen LogP contribution in [0.2, 0.25) is 5.02 Å². The van der Waals surface area contributed by atoms with Crippen molar-refractivity contribution in [1.82, 2.24) is 15.0 Å². The van der Waals surface area contributed by atoms with Gasteiger partial charge in [-0.25, -0.2) is 9.98 Å². The number of rotatable bonds is 4. The Bertz CT molecular complexity index is 1260. The molecule has 3 aromatic rings. The third-order valence-corrected chi connectivity index (χ3v) is 7.69. The number of amidine groups is 2. The standard InChI is InChI=1S/C23H23ClN6O2/c24-10-6-15-16(9-28-21(15)27-8-10)20(25)30-22(17-2-1-5-26-17)29-19-12-4-3-11(13-7-14(12)13)18(19)23(31)32/h1-2,5-6,8-9,11-14,18-19,26H,3-4,7H2,(H,27,28)(H,31,32)(H2,25,29,30)/t11-,12+,13-,14+,18-,19-/m0/s1. The summed E-state index contributed by atoms with van der Waals surface area (Å²) in [5.74, 6) is 1.16. The molecule has 3 aromatic heterocycles. The largest absolute Gasteiger partial charge is 0.481 e. The van der Waals surface area contributed by atoms with Crippen LogP contribution < -0.4 is 5.73 Å². The third-order valence-electron chi connectivity index (χ3n) is 7.49. The monoisotopic (exact) mass is 450 g/mol. The van der Waals surface area contributed by atoms with Crippen LogP contribution in [0.1, 0.15) is 30.5 Å². The van der Waals surface area contributed by atoms with Gasteiger partial charge >= 0.3 is 5.97 Å². The minimum atomic E-state index is -0.751. The van der Waals surface area contributed by atoms with Crippen LogP contribution in [0, 0.1) is 29.6 Å². The third kappa shape index (κ3) is 3.04. The molecule has 2 bridgehead atoms. The van der Waals surface area contributed by atoms with Crippen molar-refractivity contribution >= 4 is 40.3 Å². The van der Waals surface area contributed by atoms with E-state index in [1.165, 1.54) is 0 Å². The van der Waals surface area contributed by atoms with Crippen LogP contribution in [-0.2, 0) is 4.79 Å². The van der Waals surface area contributed by atoms with E-state index in [1.54, 1.807) is 24.7 Å². The van der Waals surface area contributed by atoms with Crippen LogP contribution in [0.3, 0.4) is 0 Å². The number of nitrogens with zero attached hydrogens (tertiary/aromatic N) is 3. The molecule has 0 aliphatic heterocycles. The van der Waals surface area contributed by atoms with Crippen molar-refractivity contribution in [3.05, 3.63) is 53.1 Å². The zero-order valence-electron chi connectivity index (χ0n) is 17.2. The minimum absolute atomic E-state index is 0.212. The molecule has 164 valence electrons. The molecular formula is C23H23ClN6O2. The van der Waals surface area contributed by atoms with Crippen LogP contribution in [-0.4, -0.2) is 43.7 Å². The van der Waals surface area contributed by atoms with Gasteiger partial charge in [-0.15, -0.1) is 0 Å². The fraction of sp³-hybridized carbons (Fsp3) is 0.391. The van der Waals surface area contributed by atoms with Gasteiger partial charge in [0.2, 0.25) is 0 Å². The average Bonchev–Trinajstić information content (AvgIpc) is 3.23. The van der Waals surface area contributed by atoms with Gasteiger partial charge in [-0.3, -0.25) is 9.79 Å². The van der Waals surface area contributed by atoms with E-state index in [4.69, 9.17) is 22.3 Å². The zero-order valence-corrected chi connectivity index (χ0v) is 18.0. The molecule has 0 amide bonds. The number of hydrogen-bond donors (Lipinski definition) is 4. The molecule has 0 unspecified atom stereocenters. The maximum Gasteiger partial charge on any atom is 0.308 e. The highest BCUT2D eigenvalue weighted by atomic mass is 35.5. The van der Waals surface area contributed by atoms with E-state index in [2.05, 4.69) is 19.9 Å². The van der Waals surface area contributed by atoms with Crippen molar-refractivity contribution < 1.29 is 9.90 Å². The van der Waals surface area contributed by atoms with Crippen molar-refractivity contribution in [2.24, 2.45) is 45.3 Å². The average molecular weight is 451 g/mol. The summed E-state index contributed by atoms with van der Waals surface area (Å²) in [5, 5.41) is 11.3. The number of halogens is 1. The second-order valence-corrected chi connectivity index (χ2v) is 9.55. The van der Waals surface area contributed by atoms with Crippen LogP contribution in [0.25, 0.3) is 11.0 Å². The molecule has 4 aliphatic rings. The summed E-state index contributed by atoms with van der Waals surface area (Å²) in [6, 6.07) is 5.24. The molecule has 0 aromatic carbocycles.